The van der Waals surface area contributed by atoms with Crippen molar-refractivity contribution in [2.45, 2.75) is 71.4 Å². The zero-order valence-electron chi connectivity index (χ0n) is 11.3. The third-order valence-corrected chi connectivity index (χ3v) is 3.94. The normalized spacial score (nSPS) is 30.9. The number of hydrogen-bond acceptors (Lipinski definition) is 2. The second-order valence-corrected chi connectivity index (χ2v) is 5.24. The summed E-state index contributed by atoms with van der Waals surface area (Å²) >= 11 is 0. The Morgan fingerprint density at radius 1 is 1.06 bits per heavy atom. The van der Waals surface area contributed by atoms with E-state index in [9.17, 15) is 5.11 Å². The highest BCUT2D eigenvalue weighted by molar-refractivity contribution is 4.86. The van der Waals surface area contributed by atoms with Crippen LogP contribution in [-0.2, 0) is 0 Å². The molecule has 1 aliphatic rings. The molecule has 3 atom stereocenters. The summed E-state index contributed by atoms with van der Waals surface area (Å²) in [6, 6.07) is 0.633. The second kappa shape index (κ2) is 7.29. The van der Waals surface area contributed by atoms with Gasteiger partial charge in [-0.1, -0.05) is 27.2 Å². The first-order valence-electron chi connectivity index (χ1n) is 7.14. The van der Waals surface area contributed by atoms with E-state index < -0.39 is 0 Å². The van der Waals surface area contributed by atoms with Gasteiger partial charge in [0.2, 0.25) is 0 Å². The smallest absolute Gasteiger partial charge is 0.0555 e. The number of rotatable bonds is 6. The molecule has 0 amide bonds. The van der Waals surface area contributed by atoms with Gasteiger partial charge in [0.05, 0.1) is 6.10 Å². The lowest BCUT2D eigenvalue weighted by atomic mass is 9.80. The first kappa shape index (κ1) is 14.0. The highest BCUT2D eigenvalue weighted by Crippen LogP contribution is 2.31. The van der Waals surface area contributed by atoms with Crippen LogP contribution in [0.2, 0.25) is 0 Å². The minimum Gasteiger partial charge on any atom is -0.393 e. The standard InChI is InChI=1S/C14H29NO/c1-4-9-15(10-5-2)14-11-13(16)8-7-12(14)6-3/h12-14,16H,4-11H2,1-3H3. The molecule has 0 radical (unpaired) electrons. The van der Waals surface area contributed by atoms with Gasteiger partial charge in [0.15, 0.2) is 0 Å². The van der Waals surface area contributed by atoms with Crippen molar-refractivity contribution in [1.82, 2.24) is 4.90 Å². The topological polar surface area (TPSA) is 23.5 Å². The lowest BCUT2D eigenvalue weighted by Crippen LogP contribution is -2.46. The van der Waals surface area contributed by atoms with E-state index in [0.717, 1.165) is 18.8 Å². The van der Waals surface area contributed by atoms with Crippen molar-refractivity contribution >= 4 is 0 Å². The van der Waals surface area contributed by atoms with Gasteiger partial charge in [-0.2, -0.15) is 0 Å². The molecule has 0 aromatic heterocycles. The third kappa shape index (κ3) is 3.74. The van der Waals surface area contributed by atoms with E-state index in [1.54, 1.807) is 0 Å². The molecule has 96 valence electrons. The lowest BCUT2D eigenvalue weighted by molar-refractivity contribution is 0.0253. The third-order valence-electron chi connectivity index (χ3n) is 3.94. The van der Waals surface area contributed by atoms with Crippen LogP contribution in [0, 0.1) is 5.92 Å². The molecule has 1 aliphatic carbocycles. The Kier molecular flexibility index (Phi) is 6.37. The molecule has 0 heterocycles. The van der Waals surface area contributed by atoms with Crippen molar-refractivity contribution in [3.63, 3.8) is 0 Å². The Bertz CT molecular complexity index is 178. The van der Waals surface area contributed by atoms with E-state index >= 15 is 0 Å². The molecule has 1 N–H and O–H groups in total. The molecule has 1 saturated carbocycles. The molecule has 0 spiro atoms. The summed E-state index contributed by atoms with van der Waals surface area (Å²) < 4.78 is 0. The van der Waals surface area contributed by atoms with E-state index in [4.69, 9.17) is 0 Å². The highest BCUT2D eigenvalue weighted by Gasteiger charge is 2.31. The van der Waals surface area contributed by atoms with E-state index in [0.29, 0.717) is 6.04 Å². The van der Waals surface area contributed by atoms with Gasteiger partial charge in [-0.25, -0.2) is 0 Å². The van der Waals surface area contributed by atoms with E-state index in [1.807, 2.05) is 0 Å². The Morgan fingerprint density at radius 2 is 1.69 bits per heavy atom. The van der Waals surface area contributed by atoms with Crippen LogP contribution in [0.25, 0.3) is 0 Å². The number of aliphatic hydroxyl groups excluding tert-OH is 1. The lowest BCUT2D eigenvalue weighted by Gasteiger charge is -2.41. The predicted octanol–water partition coefficient (Wildman–Crippen LogP) is 3.05. The zero-order valence-corrected chi connectivity index (χ0v) is 11.3. The van der Waals surface area contributed by atoms with Gasteiger partial charge in [0, 0.05) is 6.04 Å². The molecule has 3 unspecified atom stereocenters. The minimum absolute atomic E-state index is 0.0518. The van der Waals surface area contributed by atoms with E-state index in [2.05, 4.69) is 25.7 Å². The Labute approximate surface area is 101 Å². The average molecular weight is 227 g/mol. The molecule has 0 aliphatic heterocycles. The quantitative estimate of drug-likeness (QED) is 0.754. The molecule has 0 aromatic rings. The van der Waals surface area contributed by atoms with Crippen molar-refractivity contribution in [2.75, 3.05) is 13.1 Å². The zero-order chi connectivity index (χ0) is 12.0. The van der Waals surface area contributed by atoms with Crippen LogP contribution in [0.5, 0.6) is 0 Å². The maximum Gasteiger partial charge on any atom is 0.0555 e. The fourth-order valence-corrected chi connectivity index (χ4v) is 3.13. The summed E-state index contributed by atoms with van der Waals surface area (Å²) in [5.41, 5.74) is 0. The fourth-order valence-electron chi connectivity index (χ4n) is 3.13. The van der Waals surface area contributed by atoms with Crippen LogP contribution in [0.4, 0.5) is 0 Å². The summed E-state index contributed by atoms with van der Waals surface area (Å²) in [4.78, 5) is 2.62. The second-order valence-electron chi connectivity index (χ2n) is 5.24. The Hall–Kier alpha value is -0.0800. The molecule has 2 heteroatoms. The molecule has 1 rings (SSSR count). The summed E-state index contributed by atoms with van der Waals surface area (Å²) in [6.45, 7) is 9.20. The fraction of sp³-hybridized carbons (Fsp3) is 1.00. The molecule has 16 heavy (non-hydrogen) atoms. The van der Waals surface area contributed by atoms with E-state index in [-0.39, 0.29) is 6.10 Å². The summed E-state index contributed by atoms with van der Waals surface area (Å²) in [5, 5.41) is 9.85. The van der Waals surface area contributed by atoms with Crippen molar-refractivity contribution in [3.8, 4) is 0 Å². The first-order chi connectivity index (χ1) is 7.72. The molecule has 1 fully saturated rings. The molecule has 0 bridgehead atoms. The minimum atomic E-state index is -0.0518. The number of nitrogens with zero attached hydrogens (tertiary/aromatic N) is 1. The maximum absolute atomic E-state index is 9.85. The number of hydrogen-bond donors (Lipinski definition) is 1. The first-order valence-corrected chi connectivity index (χ1v) is 7.14. The Balaban J connectivity index is 2.61. The molecular formula is C14H29NO. The van der Waals surface area contributed by atoms with Gasteiger partial charge in [0.25, 0.3) is 0 Å². The van der Waals surface area contributed by atoms with Crippen LogP contribution in [0.15, 0.2) is 0 Å². The summed E-state index contributed by atoms with van der Waals surface area (Å²) in [6.07, 6.45) is 6.89. The Morgan fingerprint density at radius 3 is 2.19 bits per heavy atom. The van der Waals surface area contributed by atoms with Crippen LogP contribution in [0.1, 0.15) is 59.3 Å². The van der Waals surface area contributed by atoms with Gasteiger partial charge in [0.1, 0.15) is 0 Å². The highest BCUT2D eigenvalue weighted by atomic mass is 16.3. The van der Waals surface area contributed by atoms with Crippen LogP contribution >= 0.6 is 0 Å². The van der Waals surface area contributed by atoms with Gasteiger partial charge < -0.3 is 10.0 Å². The predicted molar refractivity (Wildman–Crippen MR) is 69.6 cm³/mol. The van der Waals surface area contributed by atoms with Crippen molar-refractivity contribution < 1.29 is 5.11 Å². The van der Waals surface area contributed by atoms with Gasteiger partial charge in [-0.3, -0.25) is 0 Å². The summed E-state index contributed by atoms with van der Waals surface area (Å²) in [5.74, 6) is 0.807. The molecular weight excluding hydrogens is 198 g/mol. The van der Waals surface area contributed by atoms with Crippen LogP contribution < -0.4 is 0 Å². The molecule has 2 nitrogen and oxygen atoms in total. The maximum atomic E-state index is 9.85. The van der Waals surface area contributed by atoms with Crippen LogP contribution in [-0.4, -0.2) is 35.2 Å². The number of aliphatic hydroxyl groups is 1. The van der Waals surface area contributed by atoms with Crippen LogP contribution in [0.3, 0.4) is 0 Å². The molecule has 0 saturated heterocycles. The SMILES string of the molecule is CCCN(CCC)C1CC(O)CCC1CC. The van der Waals surface area contributed by atoms with Gasteiger partial charge >= 0.3 is 0 Å². The molecule has 0 aromatic carbocycles. The van der Waals surface area contributed by atoms with E-state index in [1.165, 1.54) is 38.8 Å². The van der Waals surface area contributed by atoms with Gasteiger partial charge in [-0.05, 0) is 51.1 Å². The van der Waals surface area contributed by atoms with Crippen molar-refractivity contribution in [3.05, 3.63) is 0 Å². The van der Waals surface area contributed by atoms with Gasteiger partial charge in [-0.15, -0.1) is 0 Å². The van der Waals surface area contributed by atoms with Crippen molar-refractivity contribution in [1.29, 1.82) is 0 Å². The largest absolute Gasteiger partial charge is 0.393 e. The summed E-state index contributed by atoms with van der Waals surface area (Å²) in [7, 11) is 0. The van der Waals surface area contributed by atoms with Crippen molar-refractivity contribution in [2.24, 2.45) is 5.92 Å². The monoisotopic (exact) mass is 227 g/mol. The average Bonchev–Trinajstić information content (AvgIpc) is 2.29.